The number of carbonyl (C=O) groups excluding carboxylic acids is 2. The van der Waals surface area contributed by atoms with Gasteiger partial charge in [0.2, 0.25) is 5.91 Å². The maximum Gasteiger partial charge on any atom is 0.251 e. The van der Waals surface area contributed by atoms with Gasteiger partial charge in [-0.15, -0.1) is 0 Å². The van der Waals surface area contributed by atoms with Crippen LogP contribution in [0.5, 0.6) is 0 Å². The number of rotatable bonds is 5. The van der Waals surface area contributed by atoms with Crippen molar-refractivity contribution in [1.29, 1.82) is 0 Å². The molecule has 2 amide bonds. The Morgan fingerprint density at radius 3 is 2.29 bits per heavy atom. The molecule has 0 aliphatic heterocycles. The summed E-state index contributed by atoms with van der Waals surface area (Å²) in [6.45, 7) is 3.52. The normalized spacial score (nSPS) is 25.9. The highest BCUT2D eigenvalue weighted by molar-refractivity contribution is 5.96. The van der Waals surface area contributed by atoms with Crippen LogP contribution in [-0.2, 0) is 4.79 Å². The number of benzene rings is 2. The molecule has 2 N–H and O–H groups in total. The monoisotopic (exact) mass is 384 g/mol. The van der Waals surface area contributed by atoms with Crippen molar-refractivity contribution in [3.05, 3.63) is 65.2 Å². The van der Waals surface area contributed by atoms with E-state index in [1.165, 1.54) is 36.4 Å². The molecule has 0 spiro atoms. The van der Waals surface area contributed by atoms with Crippen LogP contribution in [0.25, 0.3) is 0 Å². The van der Waals surface area contributed by atoms with Crippen LogP contribution in [0.1, 0.15) is 42.1 Å². The number of carbonyl (C=O) groups is 2. The van der Waals surface area contributed by atoms with E-state index in [0.29, 0.717) is 16.8 Å². The Kier molecular flexibility index (Phi) is 4.25. The molecule has 0 heterocycles. The minimum Gasteiger partial charge on any atom is -0.347 e. The molecule has 4 nitrogen and oxygen atoms in total. The molecule has 146 valence electrons. The molecule has 2 aromatic carbocycles. The molecule has 1 atom stereocenters. The topological polar surface area (TPSA) is 58.2 Å². The average molecular weight is 384 g/mol. The highest BCUT2D eigenvalue weighted by Crippen LogP contribution is 2.70. The zero-order chi connectivity index (χ0) is 20.1. The third kappa shape index (κ3) is 3.07. The molecule has 5 rings (SSSR count). The molecule has 3 fully saturated rings. The third-order valence-corrected chi connectivity index (χ3v) is 6.29. The molecule has 28 heavy (non-hydrogen) atoms. The van der Waals surface area contributed by atoms with Crippen LogP contribution >= 0.6 is 0 Å². The van der Waals surface area contributed by atoms with E-state index in [9.17, 15) is 18.4 Å². The number of hydrogen-bond acceptors (Lipinski definition) is 2. The van der Waals surface area contributed by atoms with Gasteiger partial charge in [0.1, 0.15) is 11.6 Å². The molecular weight excluding hydrogens is 362 g/mol. The van der Waals surface area contributed by atoms with Crippen molar-refractivity contribution in [3.8, 4) is 0 Å². The first-order valence-electron chi connectivity index (χ1n) is 9.37. The first kappa shape index (κ1) is 18.6. The van der Waals surface area contributed by atoms with Crippen molar-refractivity contribution < 1.29 is 18.4 Å². The van der Waals surface area contributed by atoms with E-state index in [2.05, 4.69) is 10.6 Å². The maximum absolute atomic E-state index is 13.4. The molecule has 3 saturated carbocycles. The lowest BCUT2D eigenvalue weighted by atomic mass is 9.36. The van der Waals surface area contributed by atoms with E-state index in [1.807, 2.05) is 6.92 Å². The van der Waals surface area contributed by atoms with Crippen molar-refractivity contribution in [1.82, 2.24) is 5.32 Å². The Hall–Kier alpha value is -2.76. The second-order valence-corrected chi connectivity index (χ2v) is 8.31. The van der Waals surface area contributed by atoms with Crippen LogP contribution in [0.4, 0.5) is 14.5 Å². The molecule has 0 aromatic heterocycles. The quantitative estimate of drug-likeness (QED) is 0.812. The van der Waals surface area contributed by atoms with Gasteiger partial charge in [0.15, 0.2) is 0 Å². The Morgan fingerprint density at radius 1 is 1.04 bits per heavy atom. The van der Waals surface area contributed by atoms with E-state index in [-0.39, 0.29) is 40.3 Å². The smallest absolute Gasteiger partial charge is 0.251 e. The van der Waals surface area contributed by atoms with Crippen LogP contribution in [-0.4, -0.2) is 17.4 Å². The summed E-state index contributed by atoms with van der Waals surface area (Å²) in [7, 11) is 0. The molecule has 0 unspecified atom stereocenters. The molecule has 0 saturated heterocycles. The van der Waals surface area contributed by atoms with Gasteiger partial charge in [0.25, 0.3) is 5.91 Å². The van der Waals surface area contributed by atoms with Gasteiger partial charge in [0.05, 0.1) is 0 Å². The number of hydrogen-bond donors (Lipinski definition) is 2. The van der Waals surface area contributed by atoms with Gasteiger partial charge in [-0.2, -0.15) is 0 Å². The van der Waals surface area contributed by atoms with Crippen LogP contribution in [0.15, 0.2) is 42.5 Å². The summed E-state index contributed by atoms with van der Waals surface area (Å²) in [5, 5.41) is 5.89. The van der Waals surface area contributed by atoms with E-state index in [1.54, 1.807) is 13.0 Å². The van der Waals surface area contributed by atoms with Crippen LogP contribution < -0.4 is 10.6 Å². The van der Waals surface area contributed by atoms with Crippen molar-refractivity contribution >= 4 is 17.5 Å². The first-order valence-corrected chi connectivity index (χ1v) is 9.37. The van der Waals surface area contributed by atoms with Gasteiger partial charge in [-0.25, -0.2) is 8.78 Å². The molecule has 3 aliphatic rings. The lowest BCUT2D eigenvalue weighted by Gasteiger charge is -2.72. The maximum atomic E-state index is 13.4. The summed E-state index contributed by atoms with van der Waals surface area (Å²) < 4.78 is 26.4. The van der Waals surface area contributed by atoms with Crippen molar-refractivity contribution in [2.45, 2.75) is 38.6 Å². The third-order valence-electron chi connectivity index (χ3n) is 6.29. The van der Waals surface area contributed by atoms with E-state index in [4.69, 9.17) is 0 Å². The second-order valence-electron chi connectivity index (χ2n) is 8.31. The highest BCUT2D eigenvalue weighted by Gasteiger charge is 2.71. The van der Waals surface area contributed by atoms with E-state index >= 15 is 0 Å². The van der Waals surface area contributed by atoms with Gasteiger partial charge < -0.3 is 10.6 Å². The number of halogens is 2. The number of amides is 2. The minimum absolute atomic E-state index is 0.0969. The van der Waals surface area contributed by atoms with Crippen LogP contribution in [0.2, 0.25) is 0 Å². The second kappa shape index (κ2) is 6.40. The molecule has 6 heteroatoms. The van der Waals surface area contributed by atoms with Gasteiger partial charge in [-0.1, -0.05) is 6.92 Å². The van der Waals surface area contributed by atoms with E-state index in [0.717, 1.165) is 19.3 Å². The van der Waals surface area contributed by atoms with Gasteiger partial charge >= 0.3 is 0 Å². The Balaban J connectivity index is 1.34. The summed E-state index contributed by atoms with van der Waals surface area (Å²) in [5.41, 5.74) is 1.09. The summed E-state index contributed by atoms with van der Waals surface area (Å²) in [5.74, 6) is -1.19. The van der Waals surface area contributed by atoms with Gasteiger partial charge in [-0.05, 0) is 79.6 Å². The SMILES string of the molecule is Cc1cc(C(=O)NC23CC([C@H](C)C(=O)Nc4ccc(F)cc4)(C2)C3)ccc1F. The predicted molar refractivity (Wildman–Crippen MR) is 102 cm³/mol. The summed E-state index contributed by atoms with van der Waals surface area (Å²) >= 11 is 0. The van der Waals surface area contributed by atoms with Crippen molar-refractivity contribution in [3.63, 3.8) is 0 Å². The molecule has 3 aliphatic carbocycles. The zero-order valence-electron chi connectivity index (χ0n) is 15.8. The molecular formula is C22H22F2N2O2. The highest BCUT2D eigenvalue weighted by atomic mass is 19.1. The lowest BCUT2D eigenvalue weighted by Crippen LogP contribution is -2.77. The lowest BCUT2D eigenvalue weighted by molar-refractivity contribution is -0.184. The Labute approximate surface area is 162 Å². The summed E-state index contributed by atoms with van der Waals surface area (Å²) in [6.07, 6.45) is 2.26. The predicted octanol–water partition coefficient (Wildman–Crippen LogP) is 4.20. The minimum atomic E-state index is -0.348. The first-order chi connectivity index (χ1) is 13.2. The average Bonchev–Trinajstić information content (AvgIpc) is 2.60. The fourth-order valence-electron chi connectivity index (χ4n) is 4.62. The Bertz CT molecular complexity index is 936. The van der Waals surface area contributed by atoms with E-state index < -0.39 is 0 Å². The van der Waals surface area contributed by atoms with Crippen LogP contribution in [0.3, 0.4) is 0 Å². The van der Waals surface area contributed by atoms with Crippen molar-refractivity contribution in [2.24, 2.45) is 11.3 Å². The molecule has 2 aromatic rings. The summed E-state index contributed by atoms with van der Waals surface area (Å²) in [4.78, 5) is 25.0. The fraction of sp³-hybridized carbons (Fsp3) is 0.364. The zero-order valence-corrected chi connectivity index (χ0v) is 15.8. The van der Waals surface area contributed by atoms with Crippen molar-refractivity contribution in [2.75, 3.05) is 5.32 Å². The molecule has 2 bridgehead atoms. The number of nitrogens with one attached hydrogen (secondary N) is 2. The molecule has 0 radical (unpaired) electrons. The number of anilines is 1. The van der Waals surface area contributed by atoms with Gasteiger partial charge in [-0.3, -0.25) is 9.59 Å². The van der Waals surface area contributed by atoms with Gasteiger partial charge in [0, 0.05) is 22.7 Å². The van der Waals surface area contributed by atoms with Crippen LogP contribution in [0, 0.1) is 29.9 Å². The largest absolute Gasteiger partial charge is 0.347 e. The fourth-order valence-corrected chi connectivity index (χ4v) is 4.62. The number of aryl methyl sites for hydroxylation is 1. The Morgan fingerprint density at radius 2 is 1.68 bits per heavy atom. The summed E-state index contributed by atoms with van der Waals surface area (Å²) in [6, 6.07) is 10.0. The standard InChI is InChI=1S/C22H22F2N2O2/c1-13-9-15(3-8-18(13)24)20(28)26-22-10-21(11-22,12-22)14(2)19(27)25-17-6-4-16(23)5-7-17/h3-9,14H,10-12H2,1-2H3,(H,25,27)(H,26,28)/t14-,21?,22?/m1/s1.